The molecule has 0 spiro atoms. The molecule has 4 aromatic rings. The second-order valence-corrected chi connectivity index (χ2v) is 6.74. The van der Waals surface area contributed by atoms with Crippen LogP contribution in [0.15, 0.2) is 103 Å². The predicted octanol–water partition coefficient (Wildman–Crippen LogP) is 5.15. The Labute approximate surface area is 158 Å². The fourth-order valence-electron chi connectivity index (χ4n) is 3.58. The average Bonchev–Trinajstić information content (AvgIpc) is 2.74. The number of aliphatic hydroxyl groups is 1. The van der Waals surface area contributed by atoms with Gasteiger partial charge in [0.2, 0.25) is 0 Å². The van der Waals surface area contributed by atoms with Crippen molar-refractivity contribution in [1.29, 1.82) is 0 Å². The van der Waals surface area contributed by atoms with E-state index in [1.54, 1.807) is 12.1 Å². The molecule has 4 rings (SSSR count). The maximum Gasteiger partial charge on any atom is 0.199 e. The van der Waals surface area contributed by atoms with E-state index in [0.29, 0.717) is 11.1 Å². The molecule has 2 heteroatoms. The molecular formula is C25H20O2. The Hall–Kier alpha value is -3.23. The molecule has 0 saturated carbocycles. The van der Waals surface area contributed by atoms with Crippen molar-refractivity contribution in [1.82, 2.24) is 0 Å². The van der Waals surface area contributed by atoms with Gasteiger partial charge < -0.3 is 5.11 Å². The van der Waals surface area contributed by atoms with Crippen LogP contribution in [0.25, 0.3) is 10.8 Å². The lowest BCUT2D eigenvalue weighted by atomic mass is 9.80. The van der Waals surface area contributed by atoms with E-state index in [0.717, 1.165) is 16.3 Å². The van der Waals surface area contributed by atoms with Gasteiger partial charge in [-0.25, -0.2) is 0 Å². The quantitative estimate of drug-likeness (QED) is 0.504. The summed E-state index contributed by atoms with van der Waals surface area (Å²) in [6, 6.07) is 32.2. The molecule has 27 heavy (non-hydrogen) atoms. The van der Waals surface area contributed by atoms with E-state index in [2.05, 4.69) is 0 Å². The van der Waals surface area contributed by atoms with Crippen LogP contribution in [0.4, 0.5) is 0 Å². The van der Waals surface area contributed by atoms with Gasteiger partial charge in [0.05, 0.1) is 0 Å². The summed E-state index contributed by atoms with van der Waals surface area (Å²) >= 11 is 0. The van der Waals surface area contributed by atoms with Gasteiger partial charge in [-0.2, -0.15) is 0 Å². The summed E-state index contributed by atoms with van der Waals surface area (Å²) in [5.74, 6) is -0.290. The molecule has 1 N–H and O–H groups in total. The minimum atomic E-state index is -1.63. The largest absolute Gasteiger partial charge is 0.377 e. The van der Waals surface area contributed by atoms with E-state index in [4.69, 9.17) is 0 Å². The first-order chi connectivity index (χ1) is 13.2. The molecule has 4 aromatic carbocycles. The first-order valence-electron chi connectivity index (χ1n) is 9.03. The van der Waals surface area contributed by atoms with Crippen molar-refractivity contribution in [3.05, 3.63) is 120 Å². The van der Waals surface area contributed by atoms with Gasteiger partial charge in [-0.05, 0) is 21.9 Å². The van der Waals surface area contributed by atoms with Crippen LogP contribution in [-0.4, -0.2) is 10.9 Å². The van der Waals surface area contributed by atoms with Gasteiger partial charge >= 0.3 is 0 Å². The summed E-state index contributed by atoms with van der Waals surface area (Å²) in [4.78, 5) is 13.4. The van der Waals surface area contributed by atoms with Crippen molar-refractivity contribution in [2.45, 2.75) is 12.0 Å². The van der Waals surface area contributed by atoms with Gasteiger partial charge in [0.1, 0.15) is 0 Å². The minimum Gasteiger partial charge on any atom is -0.377 e. The molecule has 2 nitrogen and oxygen atoms in total. The monoisotopic (exact) mass is 352 g/mol. The van der Waals surface area contributed by atoms with Crippen molar-refractivity contribution in [2.24, 2.45) is 0 Å². The molecule has 0 aliphatic carbocycles. The highest BCUT2D eigenvalue weighted by molar-refractivity contribution is 6.03. The van der Waals surface area contributed by atoms with E-state index in [9.17, 15) is 9.90 Å². The van der Waals surface area contributed by atoms with Gasteiger partial charge in [-0.1, -0.05) is 103 Å². The zero-order chi connectivity index (χ0) is 18.7. The van der Waals surface area contributed by atoms with Gasteiger partial charge in [0, 0.05) is 12.0 Å². The maximum atomic E-state index is 13.4. The molecule has 0 fully saturated rings. The molecule has 0 radical (unpaired) electrons. The van der Waals surface area contributed by atoms with E-state index < -0.39 is 5.60 Å². The number of benzene rings is 4. The molecule has 0 heterocycles. The lowest BCUT2D eigenvalue weighted by molar-refractivity contribution is 0.0300. The number of fused-ring (bicyclic) bond motifs is 1. The first kappa shape index (κ1) is 17.2. The fraction of sp³-hybridized carbons (Fsp3) is 0.0800. The van der Waals surface area contributed by atoms with Crippen LogP contribution in [-0.2, 0) is 12.0 Å². The number of Topliss-reactive ketones (excluding diaryl/α,β-unsaturated/α-hetero) is 1. The number of hydrogen-bond donors (Lipinski definition) is 1. The van der Waals surface area contributed by atoms with E-state index in [-0.39, 0.29) is 12.2 Å². The van der Waals surface area contributed by atoms with Crippen molar-refractivity contribution >= 4 is 16.6 Å². The van der Waals surface area contributed by atoms with Crippen LogP contribution in [0.2, 0.25) is 0 Å². The van der Waals surface area contributed by atoms with Crippen LogP contribution in [0.1, 0.15) is 21.5 Å². The summed E-state index contributed by atoms with van der Waals surface area (Å²) in [5, 5.41) is 13.8. The Bertz CT molecular complexity index is 1070. The summed E-state index contributed by atoms with van der Waals surface area (Å²) in [7, 11) is 0. The molecule has 0 bridgehead atoms. The summed E-state index contributed by atoms with van der Waals surface area (Å²) in [6.07, 6.45) is 0.214. The van der Waals surface area contributed by atoms with Crippen molar-refractivity contribution < 1.29 is 9.90 Å². The van der Waals surface area contributed by atoms with Crippen LogP contribution >= 0.6 is 0 Å². The van der Waals surface area contributed by atoms with Gasteiger partial charge in [0.15, 0.2) is 11.4 Å². The normalized spacial score (nSPS) is 13.2. The Morgan fingerprint density at radius 3 is 2.04 bits per heavy atom. The van der Waals surface area contributed by atoms with Crippen molar-refractivity contribution in [3.8, 4) is 0 Å². The van der Waals surface area contributed by atoms with E-state index in [1.165, 1.54) is 0 Å². The Morgan fingerprint density at radius 1 is 0.704 bits per heavy atom. The third-order valence-corrected chi connectivity index (χ3v) is 4.99. The molecule has 132 valence electrons. The molecule has 0 amide bonds. The average molecular weight is 352 g/mol. The second kappa shape index (κ2) is 7.18. The van der Waals surface area contributed by atoms with Crippen LogP contribution in [0, 0.1) is 0 Å². The third kappa shape index (κ3) is 3.27. The highest BCUT2D eigenvalue weighted by Crippen LogP contribution is 2.32. The first-order valence-corrected chi connectivity index (χ1v) is 9.03. The molecule has 0 aliphatic heterocycles. The molecular weight excluding hydrogens is 332 g/mol. The van der Waals surface area contributed by atoms with Gasteiger partial charge in [-0.3, -0.25) is 4.79 Å². The summed E-state index contributed by atoms with van der Waals surface area (Å²) in [5.41, 5.74) is 0.423. The van der Waals surface area contributed by atoms with Crippen LogP contribution in [0.3, 0.4) is 0 Å². The lowest BCUT2D eigenvalue weighted by Gasteiger charge is -2.28. The minimum absolute atomic E-state index is 0.214. The summed E-state index contributed by atoms with van der Waals surface area (Å²) in [6.45, 7) is 0. The molecule has 0 aromatic heterocycles. The Morgan fingerprint density at radius 2 is 1.30 bits per heavy atom. The van der Waals surface area contributed by atoms with Crippen LogP contribution in [0.5, 0.6) is 0 Å². The van der Waals surface area contributed by atoms with E-state index in [1.807, 2.05) is 91.0 Å². The standard InChI is InChI=1S/C25H20O2/c26-24(20-11-3-1-4-12-20)25(27,22-15-5-2-6-16-22)18-21-14-9-13-19-10-7-8-17-23(19)21/h1-17,27H,18H2. The molecule has 1 unspecified atom stereocenters. The Balaban J connectivity index is 1.85. The van der Waals surface area contributed by atoms with Gasteiger partial charge in [0.25, 0.3) is 0 Å². The smallest absolute Gasteiger partial charge is 0.199 e. The van der Waals surface area contributed by atoms with Crippen molar-refractivity contribution in [3.63, 3.8) is 0 Å². The fourth-order valence-corrected chi connectivity index (χ4v) is 3.58. The SMILES string of the molecule is O=C(c1ccccc1)C(O)(Cc1cccc2ccccc12)c1ccccc1. The number of hydrogen-bond acceptors (Lipinski definition) is 2. The molecule has 1 atom stereocenters. The third-order valence-electron chi connectivity index (χ3n) is 4.99. The number of rotatable bonds is 5. The second-order valence-electron chi connectivity index (χ2n) is 6.74. The zero-order valence-electron chi connectivity index (χ0n) is 14.9. The predicted molar refractivity (Wildman–Crippen MR) is 109 cm³/mol. The Kier molecular flexibility index (Phi) is 4.57. The maximum absolute atomic E-state index is 13.4. The highest BCUT2D eigenvalue weighted by Gasteiger charge is 2.38. The number of carbonyl (C=O) groups is 1. The lowest BCUT2D eigenvalue weighted by Crippen LogP contribution is -2.38. The highest BCUT2D eigenvalue weighted by atomic mass is 16.3. The molecule has 0 aliphatic rings. The number of carbonyl (C=O) groups excluding carboxylic acids is 1. The zero-order valence-corrected chi connectivity index (χ0v) is 14.9. The molecule has 0 saturated heterocycles. The van der Waals surface area contributed by atoms with Crippen molar-refractivity contribution in [2.75, 3.05) is 0 Å². The topological polar surface area (TPSA) is 37.3 Å². The number of ketones is 1. The van der Waals surface area contributed by atoms with E-state index >= 15 is 0 Å². The summed E-state index contributed by atoms with van der Waals surface area (Å²) < 4.78 is 0. The van der Waals surface area contributed by atoms with Crippen LogP contribution < -0.4 is 0 Å². The van der Waals surface area contributed by atoms with Gasteiger partial charge in [-0.15, -0.1) is 0 Å².